The van der Waals surface area contributed by atoms with Gasteiger partial charge in [0.05, 0.1) is 12.2 Å². The predicted octanol–water partition coefficient (Wildman–Crippen LogP) is 0.433. The molecule has 1 rings (SSSR count). The molecule has 4 heteroatoms. The molecule has 0 aromatic rings. The molecule has 2 atom stereocenters. The maximum absolute atomic E-state index is 9.26. The summed E-state index contributed by atoms with van der Waals surface area (Å²) in [5, 5.41) is 18.5. The largest absolute Gasteiger partial charge is 0.389 e. The van der Waals surface area contributed by atoms with Gasteiger partial charge >= 0.3 is 0 Å². The molecule has 0 saturated carbocycles. The van der Waals surface area contributed by atoms with Crippen LogP contribution in [0.15, 0.2) is 0 Å². The van der Waals surface area contributed by atoms with Crippen molar-refractivity contribution in [3.8, 4) is 0 Å². The minimum absolute atomic E-state index is 0.548. The van der Waals surface area contributed by atoms with E-state index >= 15 is 0 Å². The Hall–Kier alpha value is 0.170. The van der Waals surface area contributed by atoms with Gasteiger partial charge in [0.15, 0.2) is 0 Å². The van der Waals surface area contributed by atoms with Crippen molar-refractivity contribution < 1.29 is 10.2 Å². The van der Waals surface area contributed by atoms with Crippen LogP contribution in [0, 0.1) is 0 Å². The summed E-state index contributed by atoms with van der Waals surface area (Å²) in [4.78, 5) is 2.10. The van der Waals surface area contributed by atoms with E-state index in [1.54, 1.807) is 0 Å². The Morgan fingerprint density at radius 1 is 1.08 bits per heavy atom. The number of nitrogens with zero attached hydrogens (tertiary/aromatic N) is 1. The molecular weight excluding hydrogens is 190 g/mol. The smallest absolute Gasteiger partial charge is 0.0938 e. The molecule has 1 aliphatic rings. The van der Waals surface area contributed by atoms with E-state index in [9.17, 15) is 10.2 Å². The van der Waals surface area contributed by atoms with Crippen molar-refractivity contribution in [3.63, 3.8) is 0 Å². The second kappa shape index (κ2) is 5.81. The molecule has 1 aliphatic heterocycles. The normalized spacial score (nSPS) is 29.8. The SMILES string of the molecule is OC1CN(CCCCCCl)CC1O. The molecule has 0 aliphatic carbocycles. The van der Waals surface area contributed by atoms with Crippen molar-refractivity contribution in [1.82, 2.24) is 4.90 Å². The fourth-order valence-corrected chi connectivity index (χ4v) is 1.83. The Kier molecular flexibility index (Phi) is 5.02. The second-order valence-corrected chi connectivity index (χ2v) is 4.02. The molecular formula is C9H18ClNO2. The summed E-state index contributed by atoms with van der Waals surface area (Å²) in [5.41, 5.74) is 0. The highest BCUT2D eigenvalue weighted by atomic mass is 35.5. The van der Waals surface area contributed by atoms with Gasteiger partial charge in [-0.15, -0.1) is 11.6 Å². The molecule has 0 aromatic carbocycles. The standard InChI is InChI=1S/C9H18ClNO2/c10-4-2-1-3-5-11-6-8(12)9(13)7-11/h8-9,12-13H,1-7H2. The lowest BCUT2D eigenvalue weighted by atomic mass is 10.2. The van der Waals surface area contributed by atoms with Gasteiger partial charge in [0, 0.05) is 19.0 Å². The van der Waals surface area contributed by atoms with Crippen LogP contribution >= 0.6 is 11.6 Å². The van der Waals surface area contributed by atoms with Crippen LogP contribution in [-0.2, 0) is 0 Å². The van der Waals surface area contributed by atoms with Gasteiger partial charge in [-0.2, -0.15) is 0 Å². The van der Waals surface area contributed by atoms with Crippen LogP contribution in [0.25, 0.3) is 0 Å². The van der Waals surface area contributed by atoms with Gasteiger partial charge in [0.2, 0.25) is 0 Å². The molecule has 0 bridgehead atoms. The van der Waals surface area contributed by atoms with Crippen molar-refractivity contribution in [1.29, 1.82) is 0 Å². The lowest BCUT2D eigenvalue weighted by Gasteiger charge is -2.13. The lowest BCUT2D eigenvalue weighted by Crippen LogP contribution is -2.23. The average molecular weight is 208 g/mol. The summed E-state index contributed by atoms with van der Waals surface area (Å²) in [6, 6.07) is 0. The van der Waals surface area contributed by atoms with Crippen molar-refractivity contribution in [2.24, 2.45) is 0 Å². The van der Waals surface area contributed by atoms with Crippen LogP contribution in [0.1, 0.15) is 19.3 Å². The van der Waals surface area contributed by atoms with Gasteiger partial charge < -0.3 is 10.2 Å². The van der Waals surface area contributed by atoms with Gasteiger partial charge in [-0.25, -0.2) is 0 Å². The van der Waals surface area contributed by atoms with Crippen LogP contribution in [0.4, 0.5) is 0 Å². The number of unbranched alkanes of at least 4 members (excludes halogenated alkanes) is 2. The number of rotatable bonds is 5. The van der Waals surface area contributed by atoms with Crippen LogP contribution in [-0.4, -0.2) is 52.8 Å². The molecule has 0 radical (unpaired) electrons. The third-order valence-electron chi connectivity index (χ3n) is 2.44. The molecule has 2 N–H and O–H groups in total. The fourth-order valence-electron chi connectivity index (χ4n) is 1.64. The topological polar surface area (TPSA) is 43.7 Å². The number of aliphatic hydroxyl groups is 2. The molecule has 0 amide bonds. The molecule has 0 aromatic heterocycles. The van der Waals surface area contributed by atoms with Crippen LogP contribution in [0.5, 0.6) is 0 Å². The van der Waals surface area contributed by atoms with Crippen molar-refractivity contribution in [2.75, 3.05) is 25.5 Å². The third-order valence-corrected chi connectivity index (χ3v) is 2.71. The zero-order chi connectivity index (χ0) is 9.68. The van der Waals surface area contributed by atoms with Crippen LogP contribution in [0.3, 0.4) is 0 Å². The van der Waals surface area contributed by atoms with E-state index in [4.69, 9.17) is 11.6 Å². The van der Waals surface area contributed by atoms with E-state index in [1.807, 2.05) is 0 Å². The number of aliphatic hydroxyl groups excluding tert-OH is 2. The van der Waals surface area contributed by atoms with Crippen LogP contribution in [0.2, 0.25) is 0 Å². The minimum Gasteiger partial charge on any atom is -0.389 e. The molecule has 1 saturated heterocycles. The van der Waals surface area contributed by atoms with Gasteiger partial charge in [-0.1, -0.05) is 6.42 Å². The molecule has 13 heavy (non-hydrogen) atoms. The molecule has 1 fully saturated rings. The molecule has 78 valence electrons. The molecule has 0 spiro atoms. The van der Waals surface area contributed by atoms with Crippen molar-refractivity contribution >= 4 is 11.6 Å². The summed E-state index contributed by atoms with van der Waals surface area (Å²) in [5.74, 6) is 0.727. The van der Waals surface area contributed by atoms with Gasteiger partial charge in [0.1, 0.15) is 0 Å². The van der Waals surface area contributed by atoms with E-state index in [2.05, 4.69) is 4.90 Å². The molecule has 1 heterocycles. The van der Waals surface area contributed by atoms with Crippen molar-refractivity contribution in [3.05, 3.63) is 0 Å². The van der Waals surface area contributed by atoms with E-state index in [1.165, 1.54) is 0 Å². The van der Waals surface area contributed by atoms with E-state index < -0.39 is 12.2 Å². The Labute approximate surface area is 84.3 Å². The van der Waals surface area contributed by atoms with E-state index in [0.717, 1.165) is 31.7 Å². The first kappa shape index (κ1) is 11.2. The lowest BCUT2D eigenvalue weighted by molar-refractivity contribution is 0.0572. The highest BCUT2D eigenvalue weighted by molar-refractivity contribution is 6.17. The Morgan fingerprint density at radius 2 is 1.69 bits per heavy atom. The minimum atomic E-state index is -0.548. The van der Waals surface area contributed by atoms with Gasteiger partial charge in [-0.05, 0) is 19.4 Å². The maximum atomic E-state index is 9.26. The number of halogens is 1. The first-order chi connectivity index (χ1) is 6.24. The number of β-amino-alcohol motifs (C(OH)–C–C–N with tert-alkyl or cyclic N) is 2. The monoisotopic (exact) mass is 207 g/mol. The highest BCUT2D eigenvalue weighted by Gasteiger charge is 2.28. The second-order valence-electron chi connectivity index (χ2n) is 3.64. The number of hydrogen-bond donors (Lipinski definition) is 2. The maximum Gasteiger partial charge on any atom is 0.0938 e. The van der Waals surface area contributed by atoms with Gasteiger partial charge in [-0.3, -0.25) is 4.90 Å². The summed E-state index contributed by atoms with van der Waals surface area (Å²) < 4.78 is 0. The predicted molar refractivity (Wildman–Crippen MR) is 53.0 cm³/mol. The Morgan fingerprint density at radius 3 is 2.23 bits per heavy atom. The first-order valence-corrected chi connectivity index (χ1v) is 5.42. The summed E-state index contributed by atoms with van der Waals surface area (Å²) >= 11 is 5.55. The summed E-state index contributed by atoms with van der Waals surface area (Å²) in [7, 11) is 0. The van der Waals surface area contributed by atoms with E-state index in [-0.39, 0.29) is 0 Å². The first-order valence-electron chi connectivity index (χ1n) is 4.88. The zero-order valence-electron chi connectivity index (χ0n) is 7.82. The summed E-state index contributed by atoms with van der Waals surface area (Å²) in [6.45, 7) is 2.19. The average Bonchev–Trinajstić information content (AvgIpc) is 2.41. The number of likely N-dealkylation sites (tertiary alicyclic amines) is 1. The summed E-state index contributed by atoms with van der Waals surface area (Å²) in [6.07, 6.45) is 2.19. The highest BCUT2D eigenvalue weighted by Crippen LogP contribution is 2.11. The van der Waals surface area contributed by atoms with Crippen molar-refractivity contribution in [2.45, 2.75) is 31.5 Å². The van der Waals surface area contributed by atoms with E-state index in [0.29, 0.717) is 13.1 Å². The number of alkyl halides is 1. The quantitative estimate of drug-likeness (QED) is 0.508. The van der Waals surface area contributed by atoms with Crippen LogP contribution < -0.4 is 0 Å². The Bertz CT molecular complexity index is 136. The molecule has 3 nitrogen and oxygen atoms in total. The Balaban J connectivity index is 2.03. The number of hydrogen-bond acceptors (Lipinski definition) is 3. The third kappa shape index (κ3) is 3.81. The zero-order valence-corrected chi connectivity index (χ0v) is 8.58. The molecule has 2 unspecified atom stereocenters. The van der Waals surface area contributed by atoms with Gasteiger partial charge in [0.25, 0.3) is 0 Å². The fraction of sp³-hybridized carbons (Fsp3) is 1.00.